The van der Waals surface area contributed by atoms with E-state index >= 15 is 0 Å². The Morgan fingerprint density at radius 2 is 1.53 bits per heavy atom. The van der Waals surface area contributed by atoms with E-state index in [2.05, 4.69) is 57.3 Å². The summed E-state index contributed by atoms with van der Waals surface area (Å²) in [5.74, 6) is 1.16. The molecule has 0 bridgehead atoms. The minimum atomic E-state index is -1.57. The van der Waals surface area contributed by atoms with Crippen LogP contribution in [0.1, 0.15) is 37.8 Å². The third-order valence-electron chi connectivity index (χ3n) is 2.77. The van der Waals surface area contributed by atoms with Crippen molar-refractivity contribution in [3.05, 3.63) is 23.3 Å². The first-order valence-corrected chi connectivity index (χ1v) is 12.3. The molecule has 0 saturated carbocycles. The van der Waals surface area contributed by atoms with Crippen LogP contribution in [0.3, 0.4) is 0 Å². The van der Waals surface area contributed by atoms with Gasteiger partial charge in [0.15, 0.2) is 0 Å². The highest BCUT2D eigenvalue weighted by atomic mass is 33.1. The first-order valence-electron chi connectivity index (χ1n) is 7.07. The molecule has 0 N–H and O–H groups in total. The second-order valence-corrected chi connectivity index (χ2v) is 11.5. The number of thiol groups is 1. The summed E-state index contributed by atoms with van der Waals surface area (Å²) in [6.45, 7) is 11.2. The van der Waals surface area contributed by atoms with E-state index < -0.39 is 8.32 Å². The molecule has 1 rings (SSSR count). The van der Waals surface area contributed by atoms with Gasteiger partial charge < -0.3 is 4.43 Å². The van der Waals surface area contributed by atoms with Gasteiger partial charge in [0.1, 0.15) is 5.75 Å². The van der Waals surface area contributed by atoms with Crippen LogP contribution in [0, 0.1) is 0 Å². The van der Waals surface area contributed by atoms with Crippen molar-refractivity contribution >= 4 is 30.8 Å². The van der Waals surface area contributed by atoms with Crippen molar-refractivity contribution in [2.75, 3.05) is 0 Å². The van der Waals surface area contributed by atoms with E-state index in [1.54, 1.807) is 0 Å². The SMILES string of the molecule is CCCc1cc(SS)cc(CCC)c1O[Si](C)(C)C. The molecule has 0 saturated heterocycles. The summed E-state index contributed by atoms with van der Waals surface area (Å²) in [5.41, 5.74) is 2.71. The second kappa shape index (κ2) is 7.65. The zero-order valence-corrected chi connectivity index (χ0v) is 15.5. The van der Waals surface area contributed by atoms with Crippen LogP contribution < -0.4 is 4.43 Å². The van der Waals surface area contributed by atoms with Crippen LogP contribution in [0.2, 0.25) is 19.6 Å². The Hall–Kier alpha value is -0.0631. The molecule has 108 valence electrons. The van der Waals surface area contributed by atoms with Gasteiger partial charge in [-0.3, -0.25) is 0 Å². The molecular formula is C15H26OS2Si. The quantitative estimate of drug-likeness (QED) is 0.390. The third-order valence-corrected chi connectivity index (χ3v) is 4.66. The van der Waals surface area contributed by atoms with Gasteiger partial charge in [-0.15, -0.1) is 11.7 Å². The summed E-state index contributed by atoms with van der Waals surface area (Å²) in [4.78, 5) is 1.23. The van der Waals surface area contributed by atoms with Crippen LogP contribution in [0.5, 0.6) is 5.75 Å². The molecule has 0 aliphatic rings. The fraction of sp³-hybridized carbons (Fsp3) is 0.600. The molecule has 0 atom stereocenters. The maximum atomic E-state index is 6.37. The average molecular weight is 315 g/mol. The largest absolute Gasteiger partial charge is 0.544 e. The summed E-state index contributed by atoms with van der Waals surface area (Å²) >= 11 is 4.35. The van der Waals surface area contributed by atoms with Crippen molar-refractivity contribution in [1.29, 1.82) is 0 Å². The van der Waals surface area contributed by atoms with Gasteiger partial charge in [-0.1, -0.05) is 37.5 Å². The Morgan fingerprint density at radius 3 is 1.84 bits per heavy atom. The summed E-state index contributed by atoms with van der Waals surface area (Å²) in [5, 5.41) is 0. The number of hydrogen-bond acceptors (Lipinski definition) is 3. The van der Waals surface area contributed by atoms with E-state index in [9.17, 15) is 0 Å². The van der Waals surface area contributed by atoms with Gasteiger partial charge in [0.25, 0.3) is 0 Å². The van der Waals surface area contributed by atoms with Crippen molar-refractivity contribution in [3.63, 3.8) is 0 Å². The summed E-state index contributed by atoms with van der Waals surface area (Å²) < 4.78 is 6.37. The first kappa shape index (κ1) is 17.0. The summed E-state index contributed by atoms with van der Waals surface area (Å²) in [7, 11) is -0.0466. The molecule has 0 spiro atoms. The van der Waals surface area contributed by atoms with E-state index in [1.165, 1.54) is 26.8 Å². The van der Waals surface area contributed by atoms with Gasteiger partial charge in [0.2, 0.25) is 8.32 Å². The van der Waals surface area contributed by atoms with Crippen molar-refractivity contribution in [2.24, 2.45) is 0 Å². The fourth-order valence-electron chi connectivity index (χ4n) is 2.12. The van der Waals surface area contributed by atoms with Crippen LogP contribution in [-0.2, 0) is 12.8 Å². The Labute approximate surface area is 128 Å². The minimum Gasteiger partial charge on any atom is -0.544 e. The summed E-state index contributed by atoms with van der Waals surface area (Å²) in [6.07, 6.45) is 4.46. The highest BCUT2D eigenvalue weighted by Crippen LogP contribution is 2.35. The molecular weight excluding hydrogens is 288 g/mol. The molecule has 0 fully saturated rings. The molecule has 4 heteroatoms. The van der Waals surface area contributed by atoms with Gasteiger partial charge in [-0.25, -0.2) is 0 Å². The molecule has 1 aromatic rings. The molecule has 0 aliphatic carbocycles. The molecule has 19 heavy (non-hydrogen) atoms. The molecule has 0 aromatic heterocycles. The molecule has 1 nitrogen and oxygen atoms in total. The van der Waals surface area contributed by atoms with Crippen molar-refractivity contribution in [2.45, 2.75) is 64.1 Å². The van der Waals surface area contributed by atoms with E-state index in [0.717, 1.165) is 31.4 Å². The van der Waals surface area contributed by atoms with Crippen molar-refractivity contribution < 1.29 is 4.43 Å². The number of hydrogen-bond donors (Lipinski definition) is 1. The Balaban J connectivity index is 3.26. The monoisotopic (exact) mass is 314 g/mol. The maximum absolute atomic E-state index is 6.37. The average Bonchev–Trinajstić information content (AvgIpc) is 2.32. The third kappa shape index (κ3) is 5.44. The van der Waals surface area contributed by atoms with Crippen molar-refractivity contribution in [3.8, 4) is 5.75 Å². The Bertz CT molecular complexity index is 386. The van der Waals surface area contributed by atoms with Crippen LogP contribution in [0.25, 0.3) is 0 Å². The topological polar surface area (TPSA) is 9.23 Å². The van der Waals surface area contributed by atoms with Gasteiger partial charge in [-0.2, -0.15) is 0 Å². The lowest BCUT2D eigenvalue weighted by atomic mass is 10.0. The van der Waals surface area contributed by atoms with E-state index in [4.69, 9.17) is 4.43 Å². The molecule has 0 heterocycles. The first-order chi connectivity index (χ1) is 8.91. The van der Waals surface area contributed by atoms with Crippen LogP contribution in [0.15, 0.2) is 17.0 Å². The lowest BCUT2D eigenvalue weighted by molar-refractivity contribution is 0.537. The predicted molar refractivity (Wildman–Crippen MR) is 93.2 cm³/mol. The normalized spacial score (nSPS) is 11.7. The van der Waals surface area contributed by atoms with Gasteiger partial charge in [-0.05, 0) is 55.7 Å². The highest BCUT2D eigenvalue weighted by molar-refractivity contribution is 8.68. The van der Waals surface area contributed by atoms with Gasteiger partial charge >= 0.3 is 0 Å². The van der Waals surface area contributed by atoms with Crippen LogP contribution in [-0.4, -0.2) is 8.32 Å². The fourth-order valence-corrected chi connectivity index (χ4v) is 3.70. The number of benzene rings is 1. The smallest absolute Gasteiger partial charge is 0.242 e. The van der Waals surface area contributed by atoms with Crippen molar-refractivity contribution in [1.82, 2.24) is 0 Å². The summed E-state index contributed by atoms with van der Waals surface area (Å²) in [6, 6.07) is 4.49. The second-order valence-electron chi connectivity index (χ2n) is 5.88. The van der Waals surface area contributed by atoms with E-state index in [1.807, 2.05) is 0 Å². The lowest BCUT2D eigenvalue weighted by Crippen LogP contribution is -2.30. The number of aryl methyl sites for hydroxylation is 2. The zero-order chi connectivity index (χ0) is 14.5. The van der Waals surface area contributed by atoms with E-state index in [0.29, 0.717) is 0 Å². The molecule has 1 aromatic carbocycles. The molecule has 0 aliphatic heterocycles. The number of rotatable bonds is 7. The Morgan fingerprint density at radius 1 is 1.05 bits per heavy atom. The zero-order valence-electron chi connectivity index (χ0n) is 12.7. The highest BCUT2D eigenvalue weighted by Gasteiger charge is 2.21. The molecule has 0 amide bonds. The molecule has 0 radical (unpaired) electrons. The molecule has 0 unspecified atom stereocenters. The minimum absolute atomic E-state index is 1.08. The van der Waals surface area contributed by atoms with Gasteiger partial charge in [0.05, 0.1) is 0 Å². The standard InChI is InChI=1S/C15H26OS2Si/c1-6-8-12-10-14(18-17)11-13(9-7-2)15(12)16-19(3,4)5/h10-11,17H,6-9H2,1-5H3. The van der Waals surface area contributed by atoms with E-state index in [-0.39, 0.29) is 0 Å². The van der Waals surface area contributed by atoms with Gasteiger partial charge in [0, 0.05) is 4.90 Å². The Kier molecular flexibility index (Phi) is 6.84. The van der Waals surface area contributed by atoms with Crippen LogP contribution >= 0.6 is 22.5 Å². The maximum Gasteiger partial charge on any atom is 0.242 e. The predicted octanol–water partition coefficient (Wildman–Crippen LogP) is 5.74. The van der Waals surface area contributed by atoms with Crippen LogP contribution in [0.4, 0.5) is 0 Å². The lowest BCUT2D eigenvalue weighted by Gasteiger charge is -2.25.